The van der Waals surface area contributed by atoms with Gasteiger partial charge >= 0.3 is 12.1 Å². The van der Waals surface area contributed by atoms with Gasteiger partial charge in [0.1, 0.15) is 5.52 Å². The minimum absolute atomic E-state index is 0.0142. The van der Waals surface area contributed by atoms with Crippen LogP contribution in [0.25, 0.3) is 22.6 Å². The van der Waals surface area contributed by atoms with Crippen molar-refractivity contribution in [3.63, 3.8) is 0 Å². The molecule has 2 aromatic heterocycles. The third-order valence-electron chi connectivity index (χ3n) is 3.78. The average Bonchev–Trinajstić information content (AvgIpc) is 3.04. The second kappa shape index (κ2) is 6.25. The summed E-state index contributed by atoms with van der Waals surface area (Å²) in [6.07, 6.45) is -4.52. The van der Waals surface area contributed by atoms with Gasteiger partial charge < -0.3 is 4.42 Å². The third kappa shape index (κ3) is 3.27. The zero-order valence-electron chi connectivity index (χ0n) is 13.6. The molecule has 0 bridgehead atoms. The number of fused-ring (bicyclic) bond motifs is 1. The molecule has 1 aromatic carbocycles. The highest BCUT2D eigenvalue weighted by Gasteiger charge is 2.58. The van der Waals surface area contributed by atoms with Gasteiger partial charge in [0.15, 0.2) is 20.4 Å². The molecule has 27 heavy (non-hydrogen) atoms. The number of hydrogen-bond acceptors (Lipinski definition) is 5. The van der Waals surface area contributed by atoms with Gasteiger partial charge in [-0.3, -0.25) is 0 Å². The van der Waals surface area contributed by atoms with Crippen LogP contribution in [0.15, 0.2) is 46.0 Å². The van der Waals surface area contributed by atoms with Crippen LogP contribution in [0.4, 0.5) is 22.0 Å². The smallest absolute Gasteiger partial charge is 0.436 e. The fourth-order valence-electron chi connectivity index (χ4n) is 2.34. The Hall–Kier alpha value is -2.56. The molecule has 3 aromatic rings. The SMILES string of the molecule is CCS(=O)(=O)c1ncccc1-c1nc2cc(C(F)(F)C(F)(F)F)ccc2o1. The topological polar surface area (TPSA) is 73.1 Å². The molecule has 0 saturated carbocycles. The van der Waals surface area contributed by atoms with Crippen LogP contribution in [0.1, 0.15) is 12.5 Å². The molecule has 0 aliphatic heterocycles. The molecule has 11 heteroatoms. The van der Waals surface area contributed by atoms with Crippen molar-refractivity contribution < 1.29 is 34.8 Å². The van der Waals surface area contributed by atoms with Crippen LogP contribution in [0.3, 0.4) is 0 Å². The molecule has 0 atom stereocenters. The normalized spacial score (nSPS) is 13.3. The first-order valence-electron chi connectivity index (χ1n) is 7.51. The van der Waals surface area contributed by atoms with Crippen LogP contribution in [0.2, 0.25) is 0 Å². The Morgan fingerprint density at radius 3 is 2.44 bits per heavy atom. The van der Waals surface area contributed by atoms with E-state index in [9.17, 15) is 30.4 Å². The summed E-state index contributed by atoms with van der Waals surface area (Å²) in [5.74, 6) is -5.57. The van der Waals surface area contributed by atoms with Crippen LogP contribution in [-0.2, 0) is 15.8 Å². The zero-order valence-corrected chi connectivity index (χ0v) is 14.4. The summed E-state index contributed by atoms with van der Waals surface area (Å²) in [5, 5.41) is -0.320. The predicted octanol–water partition coefficient (Wildman–Crippen LogP) is 4.34. The maximum atomic E-state index is 13.5. The molecule has 5 nitrogen and oxygen atoms in total. The van der Waals surface area contributed by atoms with Crippen molar-refractivity contribution in [2.75, 3.05) is 5.75 Å². The van der Waals surface area contributed by atoms with Gasteiger partial charge in [-0.15, -0.1) is 0 Å². The third-order valence-corrected chi connectivity index (χ3v) is 5.46. The first kappa shape index (κ1) is 19.2. The first-order valence-corrected chi connectivity index (χ1v) is 9.16. The predicted molar refractivity (Wildman–Crippen MR) is 84.9 cm³/mol. The first-order chi connectivity index (χ1) is 12.5. The number of sulfone groups is 1. The zero-order chi connectivity index (χ0) is 20.0. The molecule has 0 aliphatic carbocycles. The minimum Gasteiger partial charge on any atom is -0.436 e. The second-order valence-corrected chi connectivity index (χ2v) is 7.73. The summed E-state index contributed by atoms with van der Waals surface area (Å²) in [4.78, 5) is 7.68. The van der Waals surface area contributed by atoms with E-state index in [0.29, 0.717) is 12.1 Å². The summed E-state index contributed by atoms with van der Waals surface area (Å²) in [7, 11) is -3.75. The van der Waals surface area contributed by atoms with Gasteiger partial charge in [0.2, 0.25) is 5.89 Å². The largest absolute Gasteiger partial charge is 0.458 e. The molecule has 0 amide bonds. The Morgan fingerprint density at radius 2 is 1.81 bits per heavy atom. The van der Waals surface area contributed by atoms with Crippen molar-refractivity contribution in [2.45, 2.75) is 24.0 Å². The second-order valence-electron chi connectivity index (χ2n) is 5.53. The maximum Gasteiger partial charge on any atom is 0.458 e. The summed E-state index contributed by atoms with van der Waals surface area (Å²) < 4.78 is 94.3. The van der Waals surface area contributed by atoms with E-state index in [4.69, 9.17) is 4.42 Å². The minimum atomic E-state index is -5.76. The standard InChI is InChI=1S/C16H11F5N2O3S/c1-2-27(24,25)14-10(4-3-7-22-14)13-23-11-8-9(5-6-12(11)26-13)15(17,18)16(19,20)21/h3-8H,2H2,1H3. The molecule has 3 rings (SSSR count). The maximum absolute atomic E-state index is 13.5. The monoisotopic (exact) mass is 406 g/mol. The highest BCUT2D eigenvalue weighted by Crippen LogP contribution is 2.44. The van der Waals surface area contributed by atoms with E-state index in [1.54, 1.807) is 0 Å². The molecule has 0 N–H and O–H groups in total. The van der Waals surface area contributed by atoms with Gasteiger partial charge in [-0.05, 0) is 30.3 Å². The van der Waals surface area contributed by atoms with Crippen molar-refractivity contribution in [2.24, 2.45) is 0 Å². The summed E-state index contributed by atoms with van der Waals surface area (Å²) in [6.45, 7) is 1.41. The molecule has 144 valence electrons. The number of aromatic nitrogens is 2. The Morgan fingerprint density at radius 1 is 1.11 bits per heavy atom. The Labute approximate surface area is 149 Å². The quantitative estimate of drug-likeness (QED) is 0.603. The van der Waals surface area contributed by atoms with E-state index in [1.165, 1.54) is 25.3 Å². The van der Waals surface area contributed by atoms with Crippen molar-refractivity contribution in [3.05, 3.63) is 42.1 Å². The number of nitrogens with zero attached hydrogens (tertiary/aromatic N) is 2. The highest BCUT2D eigenvalue weighted by atomic mass is 32.2. The number of hydrogen-bond donors (Lipinski definition) is 0. The van der Waals surface area contributed by atoms with Crippen LogP contribution in [0, 0.1) is 0 Å². The average molecular weight is 406 g/mol. The molecule has 0 radical (unpaired) electrons. The Balaban J connectivity index is 2.15. The molecule has 0 unspecified atom stereocenters. The fraction of sp³-hybridized carbons (Fsp3) is 0.250. The fourth-order valence-corrected chi connectivity index (χ4v) is 3.33. The lowest BCUT2D eigenvalue weighted by Gasteiger charge is -2.19. The summed E-state index contributed by atoms with van der Waals surface area (Å²) in [5.41, 5.74) is -1.65. The summed E-state index contributed by atoms with van der Waals surface area (Å²) in [6, 6.07) is 4.83. The molecular weight excluding hydrogens is 395 g/mol. The number of halogens is 5. The van der Waals surface area contributed by atoms with Crippen LogP contribution < -0.4 is 0 Å². The van der Waals surface area contributed by atoms with Gasteiger partial charge in [0.25, 0.3) is 0 Å². The number of pyridine rings is 1. The summed E-state index contributed by atoms with van der Waals surface area (Å²) >= 11 is 0. The number of rotatable bonds is 4. The van der Waals surface area contributed by atoms with E-state index in [1.807, 2.05) is 0 Å². The molecule has 0 saturated heterocycles. The van der Waals surface area contributed by atoms with E-state index in [0.717, 1.165) is 6.07 Å². The van der Waals surface area contributed by atoms with Gasteiger partial charge in [-0.25, -0.2) is 18.4 Å². The van der Waals surface area contributed by atoms with Crippen molar-refractivity contribution in [3.8, 4) is 11.5 Å². The lowest BCUT2D eigenvalue weighted by Crippen LogP contribution is -2.33. The Kier molecular flexibility index (Phi) is 4.45. The lowest BCUT2D eigenvalue weighted by atomic mass is 10.1. The van der Waals surface area contributed by atoms with Crippen LogP contribution in [-0.4, -0.2) is 30.3 Å². The van der Waals surface area contributed by atoms with Gasteiger partial charge in [-0.1, -0.05) is 6.92 Å². The van der Waals surface area contributed by atoms with E-state index >= 15 is 0 Å². The molecule has 0 aliphatic rings. The molecule has 2 heterocycles. The lowest BCUT2D eigenvalue weighted by molar-refractivity contribution is -0.289. The van der Waals surface area contributed by atoms with E-state index < -0.39 is 27.5 Å². The highest BCUT2D eigenvalue weighted by molar-refractivity contribution is 7.91. The van der Waals surface area contributed by atoms with Crippen molar-refractivity contribution >= 4 is 20.9 Å². The van der Waals surface area contributed by atoms with E-state index in [2.05, 4.69) is 9.97 Å². The van der Waals surface area contributed by atoms with Crippen LogP contribution >= 0.6 is 0 Å². The number of alkyl halides is 5. The molecule has 0 spiro atoms. The van der Waals surface area contributed by atoms with Gasteiger partial charge in [-0.2, -0.15) is 22.0 Å². The Bertz CT molecular complexity index is 1110. The van der Waals surface area contributed by atoms with Crippen molar-refractivity contribution in [1.82, 2.24) is 9.97 Å². The van der Waals surface area contributed by atoms with Crippen molar-refractivity contribution in [1.29, 1.82) is 0 Å². The number of benzene rings is 1. The van der Waals surface area contributed by atoms with Crippen LogP contribution in [0.5, 0.6) is 0 Å². The number of oxazole rings is 1. The molecule has 0 fully saturated rings. The molecular formula is C16H11F5N2O3S. The van der Waals surface area contributed by atoms with Gasteiger partial charge in [0.05, 0.1) is 11.3 Å². The van der Waals surface area contributed by atoms with Gasteiger partial charge in [0, 0.05) is 11.8 Å². The van der Waals surface area contributed by atoms with E-state index in [-0.39, 0.29) is 33.3 Å².